The molecule has 0 radical (unpaired) electrons. The Labute approximate surface area is 118 Å². The molecule has 1 N–H and O–H groups in total. The molecule has 2 heterocycles. The zero-order chi connectivity index (χ0) is 13.5. The van der Waals surface area contributed by atoms with Gasteiger partial charge >= 0.3 is 0 Å². The van der Waals surface area contributed by atoms with E-state index < -0.39 is 10.0 Å². The predicted octanol–water partition coefficient (Wildman–Crippen LogP) is 1.89. The topological polar surface area (TPSA) is 49.4 Å². The van der Waals surface area contributed by atoms with Crippen molar-refractivity contribution in [3.63, 3.8) is 0 Å². The van der Waals surface area contributed by atoms with Crippen molar-refractivity contribution in [1.82, 2.24) is 9.62 Å². The Kier molecular flexibility index (Phi) is 3.68. The third kappa shape index (κ3) is 2.35. The minimum absolute atomic E-state index is 0.506. The number of nitrogens with one attached hydrogen (secondary N) is 1. The van der Waals surface area contributed by atoms with E-state index in [1.807, 2.05) is 12.4 Å². The van der Waals surface area contributed by atoms with E-state index in [0.717, 1.165) is 18.0 Å². The molecular formula is C13H20N2O2S2. The smallest absolute Gasteiger partial charge is 0.244 e. The van der Waals surface area contributed by atoms with E-state index in [4.69, 9.17) is 0 Å². The molecule has 0 bridgehead atoms. The third-order valence-electron chi connectivity index (χ3n) is 4.35. The number of hydrogen-bond acceptors (Lipinski definition) is 4. The van der Waals surface area contributed by atoms with Crippen LogP contribution in [0.5, 0.6) is 0 Å². The quantitative estimate of drug-likeness (QED) is 0.924. The van der Waals surface area contributed by atoms with Crippen LogP contribution in [0.4, 0.5) is 0 Å². The highest BCUT2D eigenvalue weighted by Gasteiger charge is 2.42. The first-order chi connectivity index (χ1) is 9.13. The zero-order valence-corrected chi connectivity index (χ0v) is 12.8. The van der Waals surface area contributed by atoms with Crippen molar-refractivity contribution in [2.75, 3.05) is 20.1 Å². The molecule has 0 spiro atoms. The Bertz CT molecular complexity index is 541. The fourth-order valence-corrected chi connectivity index (χ4v) is 6.36. The highest BCUT2D eigenvalue weighted by atomic mass is 32.2. The molecule has 4 nitrogen and oxygen atoms in total. The van der Waals surface area contributed by atoms with Gasteiger partial charge in [-0.15, -0.1) is 11.3 Å². The Morgan fingerprint density at radius 2 is 2.05 bits per heavy atom. The summed E-state index contributed by atoms with van der Waals surface area (Å²) in [6.45, 7) is 2.07. The van der Waals surface area contributed by atoms with Crippen LogP contribution in [0, 0.1) is 11.8 Å². The Balaban J connectivity index is 1.85. The second-order valence-electron chi connectivity index (χ2n) is 5.51. The van der Waals surface area contributed by atoms with Crippen molar-refractivity contribution in [3.05, 3.63) is 16.3 Å². The van der Waals surface area contributed by atoms with Gasteiger partial charge in [-0.1, -0.05) is 6.42 Å². The molecule has 2 fully saturated rings. The second kappa shape index (κ2) is 5.16. The summed E-state index contributed by atoms with van der Waals surface area (Å²) in [5.41, 5.74) is 0. The van der Waals surface area contributed by atoms with Crippen LogP contribution in [0.1, 0.15) is 24.1 Å². The van der Waals surface area contributed by atoms with Crippen LogP contribution >= 0.6 is 11.3 Å². The lowest BCUT2D eigenvalue weighted by Crippen LogP contribution is -2.30. The first-order valence-electron chi connectivity index (χ1n) is 6.84. The van der Waals surface area contributed by atoms with Gasteiger partial charge in [-0.3, -0.25) is 0 Å². The van der Waals surface area contributed by atoms with Crippen molar-refractivity contribution in [2.45, 2.75) is 30.7 Å². The van der Waals surface area contributed by atoms with Crippen molar-refractivity contribution >= 4 is 21.4 Å². The Hall–Kier alpha value is -0.430. The summed E-state index contributed by atoms with van der Waals surface area (Å²) >= 11 is 1.51. The highest BCUT2D eigenvalue weighted by molar-refractivity contribution is 7.89. The molecular weight excluding hydrogens is 280 g/mol. The summed E-state index contributed by atoms with van der Waals surface area (Å²) in [6, 6.07) is 1.75. The molecule has 6 heteroatoms. The third-order valence-corrected chi connectivity index (χ3v) is 7.32. The van der Waals surface area contributed by atoms with E-state index in [-0.39, 0.29) is 0 Å². The average Bonchev–Trinajstić information content (AvgIpc) is 3.03. The van der Waals surface area contributed by atoms with Crippen LogP contribution in [0.2, 0.25) is 0 Å². The van der Waals surface area contributed by atoms with Crippen LogP contribution in [-0.2, 0) is 16.6 Å². The van der Waals surface area contributed by atoms with Gasteiger partial charge in [0.2, 0.25) is 10.0 Å². The summed E-state index contributed by atoms with van der Waals surface area (Å²) in [7, 11) is -1.44. The van der Waals surface area contributed by atoms with Crippen molar-refractivity contribution < 1.29 is 8.42 Å². The molecule has 1 aliphatic carbocycles. The number of thiophene rings is 1. The molecule has 1 saturated carbocycles. The molecule has 106 valence electrons. The summed E-state index contributed by atoms with van der Waals surface area (Å²) in [5.74, 6) is 1.20. The average molecular weight is 300 g/mol. The number of nitrogens with zero attached hydrogens (tertiary/aromatic N) is 1. The highest BCUT2D eigenvalue weighted by Crippen LogP contribution is 2.40. The van der Waals surface area contributed by atoms with Gasteiger partial charge in [0, 0.05) is 24.5 Å². The van der Waals surface area contributed by atoms with Gasteiger partial charge in [-0.2, -0.15) is 4.31 Å². The molecule has 2 atom stereocenters. The first-order valence-corrected chi connectivity index (χ1v) is 9.16. The van der Waals surface area contributed by atoms with Crippen LogP contribution in [0.25, 0.3) is 0 Å². The van der Waals surface area contributed by atoms with Gasteiger partial charge in [0.15, 0.2) is 0 Å². The second-order valence-corrected chi connectivity index (χ2v) is 8.42. The van der Waals surface area contributed by atoms with Crippen molar-refractivity contribution in [3.8, 4) is 0 Å². The summed E-state index contributed by atoms with van der Waals surface area (Å²) in [5, 5.41) is 4.91. The number of hydrogen-bond donors (Lipinski definition) is 1. The molecule has 3 rings (SSSR count). The van der Waals surface area contributed by atoms with E-state index in [1.165, 1.54) is 30.6 Å². The van der Waals surface area contributed by atoms with Crippen molar-refractivity contribution in [1.29, 1.82) is 0 Å². The molecule has 1 saturated heterocycles. The maximum atomic E-state index is 12.7. The fraction of sp³-hybridized carbons (Fsp3) is 0.692. The molecule has 1 aromatic rings. The summed E-state index contributed by atoms with van der Waals surface area (Å²) in [4.78, 5) is 1.42. The van der Waals surface area contributed by atoms with Crippen molar-refractivity contribution in [2.24, 2.45) is 11.8 Å². The molecule has 19 heavy (non-hydrogen) atoms. The lowest BCUT2D eigenvalue weighted by Gasteiger charge is -2.17. The number of rotatable bonds is 4. The van der Waals surface area contributed by atoms with Crippen LogP contribution in [-0.4, -0.2) is 32.9 Å². The lowest BCUT2D eigenvalue weighted by molar-refractivity contribution is 0.445. The largest absolute Gasteiger partial charge is 0.315 e. The Morgan fingerprint density at radius 1 is 1.37 bits per heavy atom. The van der Waals surface area contributed by atoms with E-state index >= 15 is 0 Å². The van der Waals surface area contributed by atoms with Crippen LogP contribution < -0.4 is 5.32 Å². The number of fused-ring (bicyclic) bond motifs is 1. The van der Waals surface area contributed by atoms with Crippen LogP contribution in [0.15, 0.2) is 16.3 Å². The van der Waals surface area contributed by atoms with Gasteiger partial charge < -0.3 is 5.32 Å². The maximum absolute atomic E-state index is 12.7. The lowest BCUT2D eigenvalue weighted by atomic mass is 10.0. The monoisotopic (exact) mass is 300 g/mol. The Morgan fingerprint density at radius 3 is 2.68 bits per heavy atom. The standard InChI is InChI=1S/C13H20N2O2S2/c1-14-7-12-13(5-6-18-12)19(16,17)15-8-10-3-2-4-11(10)9-15/h5-6,10-11,14H,2-4,7-9H2,1H3. The fourth-order valence-electron chi connectivity index (χ4n) is 3.38. The SMILES string of the molecule is CNCc1sccc1S(=O)(=O)N1CC2CCCC2C1. The molecule has 1 aromatic heterocycles. The van der Waals surface area contributed by atoms with E-state index in [0.29, 0.717) is 23.3 Å². The van der Waals surface area contributed by atoms with Gasteiger partial charge in [0.1, 0.15) is 0 Å². The molecule has 2 aliphatic rings. The van der Waals surface area contributed by atoms with Gasteiger partial charge in [-0.25, -0.2) is 8.42 Å². The summed E-state index contributed by atoms with van der Waals surface area (Å²) < 4.78 is 27.2. The minimum atomic E-state index is -3.29. The summed E-state index contributed by atoms with van der Waals surface area (Å²) in [6.07, 6.45) is 3.67. The maximum Gasteiger partial charge on any atom is 0.244 e. The minimum Gasteiger partial charge on any atom is -0.315 e. The van der Waals surface area contributed by atoms with Crippen LogP contribution in [0.3, 0.4) is 0 Å². The van der Waals surface area contributed by atoms with E-state index in [9.17, 15) is 8.42 Å². The van der Waals surface area contributed by atoms with E-state index in [1.54, 1.807) is 10.4 Å². The van der Waals surface area contributed by atoms with Gasteiger partial charge in [0.25, 0.3) is 0 Å². The van der Waals surface area contributed by atoms with Gasteiger partial charge in [-0.05, 0) is 43.2 Å². The predicted molar refractivity (Wildman–Crippen MR) is 76.7 cm³/mol. The molecule has 0 aromatic carbocycles. The molecule has 2 unspecified atom stereocenters. The van der Waals surface area contributed by atoms with E-state index in [2.05, 4.69) is 5.32 Å². The normalized spacial score (nSPS) is 27.8. The first kappa shape index (κ1) is 13.5. The van der Waals surface area contributed by atoms with Gasteiger partial charge in [0.05, 0.1) is 4.90 Å². The molecule has 0 amide bonds. The zero-order valence-electron chi connectivity index (χ0n) is 11.1. The molecule has 1 aliphatic heterocycles. The number of sulfonamides is 1.